The first kappa shape index (κ1) is 14.9. The molecule has 1 aromatic heterocycles. The molecule has 0 aromatic carbocycles. The highest BCUT2D eigenvalue weighted by Crippen LogP contribution is 2.28. The predicted octanol–water partition coefficient (Wildman–Crippen LogP) is 2.09. The fraction of sp³-hybridized carbons (Fsp3) is 0.733. The van der Waals surface area contributed by atoms with Crippen molar-refractivity contribution in [1.82, 2.24) is 20.4 Å². The number of nitrogens with one attached hydrogen (secondary N) is 2. The smallest absolute Gasteiger partial charge is 0.315 e. The Hall–Kier alpha value is -1.52. The number of amides is 2. The van der Waals surface area contributed by atoms with Crippen LogP contribution in [-0.2, 0) is 13.5 Å². The van der Waals surface area contributed by atoms with E-state index in [1.807, 2.05) is 17.8 Å². The van der Waals surface area contributed by atoms with Gasteiger partial charge in [-0.2, -0.15) is 5.10 Å². The van der Waals surface area contributed by atoms with Gasteiger partial charge in [0.05, 0.1) is 0 Å². The molecule has 1 aliphatic rings. The van der Waals surface area contributed by atoms with E-state index in [1.165, 1.54) is 12.8 Å². The molecule has 1 saturated carbocycles. The maximum absolute atomic E-state index is 11.9. The van der Waals surface area contributed by atoms with Crippen molar-refractivity contribution in [2.24, 2.45) is 18.9 Å². The largest absolute Gasteiger partial charge is 0.338 e. The molecule has 1 heterocycles. The summed E-state index contributed by atoms with van der Waals surface area (Å²) in [6, 6.07) is 2.26. The minimum atomic E-state index is -0.0430. The van der Waals surface area contributed by atoms with Crippen LogP contribution in [0.5, 0.6) is 0 Å². The first-order valence-electron chi connectivity index (χ1n) is 7.57. The molecule has 2 amide bonds. The molecule has 0 bridgehead atoms. The molecule has 1 fully saturated rings. The first-order chi connectivity index (χ1) is 9.56. The summed E-state index contributed by atoms with van der Waals surface area (Å²) in [5, 5.41) is 10.2. The van der Waals surface area contributed by atoms with Gasteiger partial charge in [-0.15, -0.1) is 0 Å². The zero-order chi connectivity index (χ0) is 14.5. The lowest BCUT2D eigenvalue weighted by Crippen LogP contribution is -2.47. The molecule has 2 N–H and O–H groups in total. The molecular weight excluding hydrogens is 252 g/mol. The second-order valence-electron chi connectivity index (χ2n) is 6.10. The second-order valence-corrected chi connectivity index (χ2v) is 6.10. The maximum Gasteiger partial charge on any atom is 0.315 e. The van der Waals surface area contributed by atoms with E-state index in [2.05, 4.69) is 29.6 Å². The Kier molecular flexibility index (Phi) is 5.04. The molecule has 0 saturated heterocycles. The Morgan fingerprint density at radius 2 is 2.25 bits per heavy atom. The molecule has 0 radical (unpaired) electrons. The van der Waals surface area contributed by atoms with Gasteiger partial charge in [-0.1, -0.05) is 13.8 Å². The molecule has 1 aromatic rings. The van der Waals surface area contributed by atoms with Gasteiger partial charge < -0.3 is 10.6 Å². The maximum atomic E-state index is 11.9. The van der Waals surface area contributed by atoms with Crippen LogP contribution in [0.1, 0.15) is 38.8 Å². The Bertz CT molecular complexity index is 443. The average molecular weight is 278 g/mol. The number of carbonyl (C=O) groups is 1. The van der Waals surface area contributed by atoms with Crippen LogP contribution in [0.3, 0.4) is 0 Å². The Morgan fingerprint density at radius 1 is 1.45 bits per heavy atom. The Balaban J connectivity index is 1.69. The molecule has 112 valence electrons. The number of carbonyl (C=O) groups excluding carboxylic acids is 1. The van der Waals surface area contributed by atoms with Crippen LogP contribution < -0.4 is 10.6 Å². The molecule has 5 nitrogen and oxygen atoms in total. The lowest BCUT2D eigenvalue weighted by Gasteiger charge is -2.33. The van der Waals surface area contributed by atoms with Gasteiger partial charge in [-0.05, 0) is 37.2 Å². The van der Waals surface area contributed by atoms with Gasteiger partial charge >= 0.3 is 6.03 Å². The molecule has 5 heteroatoms. The van der Waals surface area contributed by atoms with E-state index in [0.29, 0.717) is 18.5 Å². The van der Waals surface area contributed by atoms with Gasteiger partial charge in [-0.25, -0.2) is 4.79 Å². The van der Waals surface area contributed by atoms with E-state index < -0.39 is 0 Å². The van der Waals surface area contributed by atoms with Crippen molar-refractivity contribution in [2.75, 3.05) is 6.54 Å². The molecule has 0 spiro atoms. The van der Waals surface area contributed by atoms with Crippen molar-refractivity contribution in [3.8, 4) is 0 Å². The third-order valence-electron chi connectivity index (χ3n) is 4.34. The number of rotatable bonds is 4. The molecule has 1 aliphatic carbocycles. The van der Waals surface area contributed by atoms with Crippen LogP contribution in [-0.4, -0.2) is 28.4 Å². The number of aryl methyl sites for hydroxylation is 1. The van der Waals surface area contributed by atoms with Gasteiger partial charge in [-0.3, -0.25) is 4.68 Å². The number of aromatic nitrogens is 2. The summed E-state index contributed by atoms with van der Waals surface area (Å²) in [7, 11) is 1.92. The van der Waals surface area contributed by atoms with Crippen molar-refractivity contribution < 1.29 is 4.79 Å². The summed E-state index contributed by atoms with van der Waals surface area (Å²) in [4.78, 5) is 11.9. The van der Waals surface area contributed by atoms with Gasteiger partial charge in [0.15, 0.2) is 0 Å². The monoisotopic (exact) mass is 278 g/mol. The van der Waals surface area contributed by atoms with E-state index in [4.69, 9.17) is 0 Å². The highest BCUT2D eigenvalue weighted by molar-refractivity contribution is 5.74. The number of hydrogen-bond donors (Lipinski definition) is 2. The zero-order valence-electron chi connectivity index (χ0n) is 12.7. The van der Waals surface area contributed by atoms with Crippen LogP contribution in [0, 0.1) is 11.8 Å². The van der Waals surface area contributed by atoms with Crippen molar-refractivity contribution in [3.63, 3.8) is 0 Å². The van der Waals surface area contributed by atoms with E-state index in [0.717, 1.165) is 24.5 Å². The molecule has 2 rings (SSSR count). The summed E-state index contributed by atoms with van der Waals surface area (Å²) in [6.45, 7) is 5.17. The normalized spacial score (nSPS) is 26.2. The molecule has 0 aliphatic heterocycles. The van der Waals surface area contributed by atoms with E-state index in [1.54, 1.807) is 6.20 Å². The standard InChI is InChI=1S/C15H26N4O/c1-11-4-5-14(12(2)10-11)18-15(20)16-8-6-13-7-9-17-19(13)3/h7,9,11-12,14H,4-6,8,10H2,1-3H3,(H2,16,18,20). The lowest BCUT2D eigenvalue weighted by atomic mass is 9.80. The van der Waals surface area contributed by atoms with Gasteiger partial charge in [0, 0.05) is 37.9 Å². The van der Waals surface area contributed by atoms with Gasteiger partial charge in [0.1, 0.15) is 0 Å². The highest BCUT2D eigenvalue weighted by Gasteiger charge is 2.26. The number of nitrogens with zero attached hydrogens (tertiary/aromatic N) is 2. The van der Waals surface area contributed by atoms with Gasteiger partial charge in [0.2, 0.25) is 0 Å². The number of hydrogen-bond acceptors (Lipinski definition) is 2. The summed E-state index contributed by atoms with van der Waals surface area (Å²) < 4.78 is 1.84. The van der Waals surface area contributed by atoms with Crippen LogP contribution in [0.2, 0.25) is 0 Å². The molecule has 20 heavy (non-hydrogen) atoms. The third kappa shape index (κ3) is 3.99. The minimum absolute atomic E-state index is 0.0430. The zero-order valence-corrected chi connectivity index (χ0v) is 12.7. The third-order valence-corrected chi connectivity index (χ3v) is 4.34. The summed E-state index contributed by atoms with van der Waals surface area (Å²) in [6.07, 6.45) is 6.10. The van der Waals surface area contributed by atoms with Crippen molar-refractivity contribution >= 4 is 6.03 Å². The predicted molar refractivity (Wildman–Crippen MR) is 79.4 cm³/mol. The minimum Gasteiger partial charge on any atom is -0.338 e. The average Bonchev–Trinajstić information content (AvgIpc) is 2.79. The van der Waals surface area contributed by atoms with Crippen molar-refractivity contribution in [1.29, 1.82) is 0 Å². The van der Waals surface area contributed by atoms with E-state index >= 15 is 0 Å². The summed E-state index contributed by atoms with van der Waals surface area (Å²) in [5.41, 5.74) is 1.13. The fourth-order valence-corrected chi connectivity index (χ4v) is 3.05. The van der Waals surface area contributed by atoms with Crippen molar-refractivity contribution in [3.05, 3.63) is 18.0 Å². The SMILES string of the molecule is CC1CCC(NC(=O)NCCc2ccnn2C)C(C)C1. The number of urea groups is 1. The first-order valence-corrected chi connectivity index (χ1v) is 7.57. The second kappa shape index (κ2) is 6.77. The summed E-state index contributed by atoms with van der Waals surface area (Å²) in [5.74, 6) is 1.36. The van der Waals surface area contributed by atoms with Crippen molar-refractivity contribution in [2.45, 2.75) is 45.6 Å². The Labute approximate surface area is 121 Å². The quantitative estimate of drug-likeness (QED) is 0.886. The van der Waals surface area contributed by atoms with Crippen LogP contribution in [0.4, 0.5) is 4.79 Å². The molecular formula is C15H26N4O. The lowest BCUT2D eigenvalue weighted by molar-refractivity contribution is 0.206. The van der Waals surface area contributed by atoms with E-state index in [9.17, 15) is 4.79 Å². The molecule has 3 unspecified atom stereocenters. The fourth-order valence-electron chi connectivity index (χ4n) is 3.05. The van der Waals surface area contributed by atoms with E-state index in [-0.39, 0.29) is 6.03 Å². The van der Waals surface area contributed by atoms with Gasteiger partial charge in [0.25, 0.3) is 0 Å². The topological polar surface area (TPSA) is 59.0 Å². The van der Waals surface area contributed by atoms with Crippen LogP contribution in [0.15, 0.2) is 12.3 Å². The highest BCUT2D eigenvalue weighted by atomic mass is 16.2. The Morgan fingerprint density at radius 3 is 2.90 bits per heavy atom. The molecule has 3 atom stereocenters. The van der Waals surface area contributed by atoms with Crippen LogP contribution >= 0.6 is 0 Å². The summed E-state index contributed by atoms with van der Waals surface area (Å²) >= 11 is 0. The van der Waals surface area contributed by atoms with Crippen LogP contribution in [0.25, 0.3) is 0 Å².